The van der Waals surface area contributed by atoms with Gasteiger partial charge >= 0.3 is 11.8 Å². The summed E-state index contributed by atoms with van der Waals surface area (Å²) in [7, 11) is 0. The van der Waals surface area contributed by atoms with Gasteiger partial charge in [-0.2, -0.15) is 0 Å². The van der Waals surface area contributed by atoms with E-state index < -0.39 is 35.4 Å². The molecule has 0 unspecified atom stereocenters. The SMILES string of the molecule is CC(C)(C)OC(=O)N[C@@H](Cc1ccccc1)C(=O)N1CCc2c(C(=O)NN)cc(-c3ccncc3)cc21.N[C@@H](Cc1ccccc1)C(=O)N1CCc2c(-c3n[nH]c(=O)o3)cc(-c3ccncc3)cc21. The summed E-state index contributed by atoms with van der Waals surface area (Å²) in [5.74, 6) is 4.17. The molecule has 0 saturated heterocycles. The summed E-state index contributed by atoms with van der Waals surface area (Å²) in [5.41, 5.74) is 17.2. The molecule has 9 rings (SSSR count). The Morgan fingerprint density at radius 1 is 0.725 bits per heavy atom. The minimum atomic E-state index is -0.875. The third kappa shape index (κ3) is 11.1. The molecule has 0 aliphatic carbocycles. The third-order valence-electron chi connectivity index (χ3n) is 11.7. The number of fused-ring (bicyclic) bond motifs is 2. The highest BCUT2D eigenvalue weighted by atomic mass is 16.6. The predicted molar refractivity (Wildman–Crippen MR) is 261 cm³/mol. The molecule has 17 heteroatoms. The van der Waals surface area contributed by atoms with E-state index in [-0.39, 0.29) is 24.1 Å². The van der Waals surface area contributed by atoms with Crippen LogP contribution in [0.25, 0.3) is 33.7 Å². The fourth-order valence-corrected chi connectivity index (χ4v) is 8.55. The van der Waals surface area contributed by atoms with Crippen molar-refractivity contribution >= 4 is 35.2 Å². The first kappa shape index (κ1) is 47.2. The van der Waals surface area contributed by atoms with Crippen molar-refractivity contribution in [1.29, 1.82) is 0 Å². The number of rotatable bonds is 11. The summed E-state index contributed by atoms with van der Waals surface area (Å²) in [6.45, 7) is 6.16. The molecular weight excluding hydrogens is 877 g/mol. The van der Waals surface area contributed by atoms with Crippen molar-refractivity contribution in [2.24, 2.45) is 11.6 Å². The van der Waals surface area contributed by atoms with Gasteiger partial charge in [0.2, 0.25) is 17.7 Å². The second-order valence-electron chi connectivity index (χ2n) is 17.6. The van der Waals surface area contributed by atoms with E-state index in [0.29, 0.717) is 49.2 Å². The van der Waals surface area contributed by atoms with Crippen molar-refractivity contribution in [3.05, 3.63) is 172 Å². The smallest absolute Gasteiger partial charge is 0.434 e. The Balaban J connectivity index is 0.000000188. The van der Waals surface area contributed by atoms with E-state index in [9.17, 15) is 24.0 Å². The first-order valence-corrected chi connectivity index (χ1v) is 22.4. The molecule has 0 bridgehead atoms. The van der Waals surface area contributed by atoms with Crippen molar-refractivity contribution in [2.45, 2.75) is 64.1 Å². The predicted octanol–water partition coefficient (Wildman–Crippen LogP) is 5.93. The van der Waals surface area contributed by atoms with Crippen molar-refractivity contribution in [3.63, 3.8) is 0 Å². The lowest BCUT2D eigenvalue weighted by Gasteiger charge is -2.27. The van der Waals surface area contributed by atoms with E-state index in [1.807, 2.05) is 103 Å². The van der Waals surface area contributed by atoms with Crippen molar-refractivity contribution in [2.75, 3.05) is 22.9 Å². The number of amides is 4. The average molecular weight is 929 g/mol. The van der Waals surface area contributed by atoms with Crippen LogP contribution in [0, 0.1) is 0 Å². The van der Waals surface area contributed by atoms with Gasteiger partial charge in [-0.05, 0) is 133 Å². The summed E-state index contributed by atoms with van der Waals surface area (Å²) in [6.07, 6.45) is 7.89. The van der Waals surface area contributed by atoms with Gasteiger partial charge in [0.1, 0.15) is 11.6 Å². The average Bonchev–Trinajstić information content (AvgIpc) is 4.12. The van der Waals surface area contributed by atoms with Crippen LogP contribution in [0.4, 0.5) is 16.2 Å². The Labute approximate surface area is 397 Å². The van der Waals surface area contributed by atoms with E-state index in [4.69, 9.17) is 20.7 Å². The molecule has 2 aliphatic heterocycles. The number of carbonyl (C=O) groups excluding carboxylic acids is 4. The number of ether oxygens (including phenoxy) is 1. The Morgan fingerprint density at radius 3 is 1.81 bits per heavy atom. The number of hydrogen-bond acceptors (Lipinski definition) is 12. The second-order valence-corrected chi connectivity index (χ2v) is 17.6. The van der Waals surface area contributed by atoms with Crippen LogP contribution in [0.15, 0.2) is 143 Å². The second kappa shape index (κ2) is 20.7. The molecule has 4 amide bonds. The molecule has 7 aromatic rings. The topological polar surface area (TPSA) is 245 Å². The van der Waals surface area contributed by atoms with Crippen molar-refractivity contribution in [1.82, 2.24) is 30.9 Å². The Kier molecular flexibility index (Phi) is 14.2. The number of anilines is 2. The molecule has 0 radical (unpaired) electrons. The lowest BCUT2D eigenvalue weighted by Crippen LogP contribution is -2.50. The molecule has 4 aromatic carbocycles. The molecule has 17 nitrogen and oxygen atoms in total. The fourth-order valence-electron chi connectivity index (χ4n) is 8.55. The molecule has 7 N–H and O–H groups in total. The number of alkyl carbamates (subject to hydrolysis) is 1. The third-order valence-corrected chi connectivity index (χ3v) is 11.7. The minimum absolute atomic E-state index is 0.145. The van der Waals surface area contributed by atoms with Gasteiger partial charge in [0.15, 0.2) is 0 Å². The van der Waals surface area contributed by atoms with E-state index in [1.54, 1.807) is 61.4 Å². The van der Waals surface area contributed by atoms with Gasteiger partial charge in [0.25, 0.3) is 5.91 Å². The number of H-pyrrole nitrogens is 1. The number of carbonyl (C=O) groups is 4. The van der Waals surface area contributed by atoms with Gasteiger partial charge in [-0.25, -0.2) is 20.5 Å². The summed E-state index contributed by atoms with van der Waals surface area (Å²) >= 11 is 0. The number of aromatic nitrogens is 4. The molecule has 5 heterocycles. The van der Waals surface area contributed by atoms with E-state index in [2.05, 4.69) is 30.9 Å². The Morgan fingerprint density at radius 2 is 1.26 bits per heavy atom. The molecular formula is C52H52N10O7. The van der Waals surface area contributed by atoms with Crippen LogP contribution in [0.2, 0.25) is 0 Å². The number of nitrogen functional groups attached to an aromatic ring is 1. The van der Waals surface area contributed by atoms with Crippen LogP contribution in [0.1, 0.15) is 53.4 Å². The van der Waals surface area contributed by atoms with Crippen molar-refractivity contribution < 1.29 is 28.3 Å². The molecule has 0 saturated carbocycles. The largest absolute Gasteiger partial charge is 0.444 e. The number of aromatic amines is 1. The normalized spacial score (nSPS) is 13.6. The summed E-state index contributed by atoms with van der Waals surface area (Å²) < 4.78 is 10.7. The van der Waals surface area contributed by atoms with Gasteiger partial charge in [-0.15, -0.1) is 5.10 Å². The van der Waals surface area contributed by atoms with Crippen LogP contribution < -0.4 is 37.9 Å². The van der Waals surface area contributed by atoms with E-state index >= 15 is 0 Å². The van der Waals surface area contributed by atoms with Gasteiger partial charge in [0.05, 0.1) is 6.04 Å². The van der Waals surface area contributed by atoms with E-state index in [0.717, 1.165) is 50.2 Å². The zero-order chi connectivity index (χ0) is 48.7. The molecule has 0 fully saturated rings. The Bertz CT molecular complexity index is 3010. The molecule has 69 heavy (non-hydrogen) atoms. The zero-order valence-electron chi connectivity index (χ0n) is 38.3. The Hall–Kier alpha value is -8.28. The van der Waals surface area contributed by atoms with E-state index in [1.165, 1.54) is 0 Å². The number of hydrazine groups is 1. The standard InChI is InChI=1S/C28H31N5O4.C24H21N5O3/c1-28(2,3)37-27(36)31-23(15-18-7-5-4-6-8-18)26(35)33-14-11-21-22(25(34)32-29)16-20(17-24(21)33)19-9-12-30-13-10-19;25-20(12-15-4-2-1-3-5-15)23(30)29-11-8-18-19(22-27-28-24(31)32-22)13-17(14-21(18)29)16-6-9-26-10-7-16/h4-10,12-13,16-17,23H,11,14-15,29H2,1-3H3,(H,31,36)(H,32,34);1-7,9-10,13-14,20H,8,11-12,25H2,(H,28,31)/t23-;20-/m00/s1. The van der Waals surface area contributed by atoms with Gasteiger partial charge < -0.3 is 30.0 Å². The van der Waals surface area contributed by atoms with Crippen LogP contribution in [-0.4, -0.2) is 74.8 Å². The van der Waals surface area contributed by atoms with Gasteiger partial charge in [0, 0.05) is 66.8 Å². The molecule has 3 aromatic heterocycles. The van der Waals surface area contributed by atoms with Crippen LogP contribution in [0.3, 0.4) is 0 Å². The molecule has 2 atom stereocenters. The number of hydrogen-bond donors (Lipinski definition) is 5. The molecule has 352 valence electrons. The lowest BCUT2D eigenvalue weighted by atomic mass is 9.97. The minimum Gasteiger partial charge on any atom is -0.444 e. The number of nitrogens with two attached hydrogens (primary N) is 2. The first-order valence-electron chi connectivity index (χ1n) is 22.4. The molecule has 2 aliphatic rings. The molecule has 0 spiro atoms. The van der Waals surface area contributed by atoms with Crippen LogP contribution >= 0.6 is 0 Å². The fraction of sp³-hybridized carbons (Fsp3) is 0.231. The maximum atomic E-state index is 13.9. The highest BCUT2D eigenvalue weighted by Crippen LogP contribution is 2.40. The number of nitrogens with zero attached hydrogens (tertiary/aromatic N) is 5. The maximum absolute atomic E-state index is 13.9. The highest BCUT2D eigenvalue weighted by molar-refractivity contribution is 6.05. The summed E-state index contributed by atoms with van der Waals surface area (Å²) in [6, 6.07) is 32.6. The monoisotopic (exact) mass is 928 g/mol. The summed E-state index contributed by atoms with van der Waals surface area (Å²) in [5, 5.41) is 9.09. The van der Waals surface area contributed by atoms with Crippen LogP contribution in [-0.2, 0) is 40.0 Å². The number of pyridine rings is 2. The number of nitrogens with one attached hydrogen (secondary N) is 3. The quantitative estimate of drug-likeness (QED) is 0.0576. The van der Waals surface area contributed by atoms with Crippen molar-refractivity contribution in [3.8, 4) is 33.7 Å². The summed E-state index contributed by atoms with van der Waals surface area (Å²) in [4.78, 5) is 75.6. The lowest BCUT2D eigenvalue weighted by molar-refractivity contribution is -0.121. The number of benzene rings is 4. The first-order chi connectivity index (χ1) is 33.3. The zero-order valence-corrected chi connectivity index (χ0v) is 38.3. The van der Waals surface area contributed by atoms with Gasteiger partial charge in [-0.3, -0.25) is 29.8 Å². The van der Waals surface area contributed by atoms with Gasteiger partial charge in [-0.1, -0.05) is 60.7 Å². The van der Waals surface area contributed by atoms with Crippen LogP contribution in [0.5, 0.6) is 0 Å². The highest BCUT2D eigenvalue weighted by Gasteiger charge is 2.36. The maximum Gasteiger partial charge on any atom is 0.434 e.